The second-order valence-corrected chi connectivity index (χ2v) is 9.19. The van der Waals surface area contributed by atoms with Gasteiger partial charge in [-0.15, -0.1) is 11.8 Å². The van der Waals surface area contributed by atoms with Crippen LogP contribution in [0.25, 0.3) is 0 Å². The second kappa shape index (κ2) is 8.56. The molecule has 2 saturated heterocycles. The number of nitrogens with one attached hydrogen (secondary N) is 2. The van der Waals surface area contributed by atoms with Crippen molar-refractivity contribution in [2.75, 3.05) is 31.3 Å². The van der Waals surface area contributed by atoms with E-state index in [2.05, 4.69) is 16.7 Å². The standard InChI is InChI=1S/C21H29N5O3S/c1-4-15-22-18-17(20(28)25(3)21(29)24(18)2)19(23-15)30-12-16(27)26-11-7-9-13-8-5-6-10-14(13)26/h5-6,8,10,15,17-19,22-23H,4,7,9,11-12H2,1-3H3. The van der Waals surface area contributed by atoms with Crippen LogP contribution in [-0.4, -0.2) is 71.7 Å². The lowest BCUT2D eigenvalue weighted by Crippen LogP contribution is -2.74. The maximum Gasteiger partial charge on any atom is 0.327 e. The minimum Gasteiger partial charge on any atom is -0.311 e. The van der Waals surface area contributed by atoms with Crippen LogP contribution in [0.15, 0.2) is 24.3 Å². The van der Waals surface area contributed by atoms with Crippen LogP contribution in [-0.2, 0) is 16.0 Å². The molecule has 3 heterocycles. The zero-order valence-corrected chi connectivity index (χ0v) is 18.4. The van der Waals surface area contributed by atoms with E-state index in [4.69, 9.17) is 0 Å². The third-order valence-corrected chi connectivity index (χ3v) is 7.43. The van der Waals surface area contributed by atoms with Crippen molar-refractivity contribution in [1.82, 2.24) is 20.4 Å². The number of carbonyl (C=O) groups is 3. The first-order valence-corrected chi connectivity index (χ1v) is 11.5. The number of carbonyl (C=O) groups excluding carboxylic acids is 3. The number of anilines is 1. The molecular formula is C21H29N5O3S. The van der Waals surface area contributed by atoms with Crippen molar-refractivity contribution in [2.24, 2.45) is 5.92 Å². The van der Waals surface area contributed by atoms with E-state index in [1.807, 2.05) is 30.0 Å². The molecule has 8 nitrogen and oxygen atoms in total. The highest BCUT2D eigenvalue weighted by molar-refractivity contribution is 8.00. The fourth-order valence-corrected chi connectivity index (χ4v) is 5.75. The van der Waals surface area contributed by atoms with Gasteiger partial charge in [-0.2, -0.15) is 0 Å². The van der Waals surface area contributed by atoms with E-state index >= 15 is 0 Å². The van der Waals surface area contributed by atoms with E-state index in [9.17, 15) is 14.4 Å². The van der Waals surface area contributed by atoms with E-state index in [1.165, 1.54) is 29.3 Å². The first kappa shape index (κ1) is 21.1. The fourth-order valence-electron chi connectivity index (χ4n) is 4.54. The van der Waals surface area contributed by atoms with Gasteiger partial charge in [-0.25, -0.2) is 4.79 Å². The Kier molecular flexibility index (Phi) is 6.04. The zero-order valence-electron chi connectivity index (χ0n) is 17.6. The van der Waals surface area contributed by atoms with Crippen molar-refractivity contribution in [3.63, 3.8) is 0 Å². The lowest BCUT2D eigenvalue weighted by atomic mass is 9.97. The van der Waals surface area contributed by atoms with Crippen molar-refractivity contribution >= 4 is 35.3 Å². The highest BCUT2D eigenvalue weighted by atomic mass is 32.2. The summed E-state index contributed by atoms with van der Waals surface area (Å²) in [6.45, 7) is 2.76. The van der Waals surface area contributed by atoms with Gasteiger partial charge in [0.2, 0.25) is 11.8 Å². The minimum atomic E-state index is -0.452. The van der Waals surface area contributed by atoms with Crippen LogP contribution >= 0.6 is 11.8 Å². The van der Waals surface area contributed by atoms with E-state index in [0.717, 1.165) is 31.5 Å². The number of hydrogen-bond donors (Lipinski definition) is 2. The molecule has 30 heavy (non-hydrogen) atoms. The normalized spacial score (nSPS) is 29.0. The van der Waals surface area contributed by atoms with Crippen LogP contribution < -0.4 is 15.5 Å². The van der Waals surface area contributed by atoms with Gasteiger partial charge in [-0.1, -0.05) is 25.1 Å². The number of amides is 4. The molecule has 9 heteroatoms. The number of urea groups is 1. The molecule has 0 aromatic heterocycles. The molecule has 1 aromatic rings. The molecule has 2 fully saturated rings. The molecule has 2 N–H and O–H groups in total. The molecular weight excluding hydrogens is 402 g/mol. The Labute approximate surface area is 181 Å². The predicted octanol–water partition coefficient (Wildman–Crippen LogP) is 1.42. The number of aryl methyl sites for hydroxylation is 1. The van der Waals surface area contributed by atoms with Crippen molar-refractivity contribution in [1.29, 1.82) is 0 Å². The fraction of sp³-hybridized carbons (Fsp3) is 0.571. The Hall–Kier alpha value is -2.10. The summed E-state index contributed by atoms with van der Waals surface area (Å²) < 4.78 is 0. The molecule has 3 aliphatic heterocycles. The molecule has 4 atom stereocenters. The highest BCUT2D eigenvalue weighted by Gasteiger charge is 2.50. The van der Waals surface area contributed by atoms with Gasteiger partial charge in [0.25, 0.3) is 0 Å². The molecule has 0 spiro atoms. The molecule has 0 aliphatic carbocycles. The number of thioether (sulfide) groups is 1. The van der Waals surface area contributed by atoms with Crippen LogP contribution in [0.2, 0.25) is 0 Å². The van der Waals surface area contributed by atoms with Gasteiger partial charge in [0.1, 0.15) is 0 Å². The van der Waals surface area contributed by atoms with Crippen molar-refractivity contribution < 1.29 is 14.4 Å². The lowest BCUT2D eigenvalue weighted by Gasteiger charge is -2.50. The first-order chi connectivity index (χ1) is 14.4. The Morgan fingerprint density at radius 3 is 2.73 bits per heavy atom. The van der Waals surface area contributed by atoms with Gasteiger partial charge in [-0.05, 0) is 30.9 Å². The van der Waals surface area contributed by atoms with E-state index in [-0.39, 0.29) is 41.3 Å². The smallest absolute Gasteiger partial charge is 0.311 e. The number of imide groups is 1. The summed E-state index contributed by atoms with van der Waals surface area (Å²) in [5.41, 5.74) is 2.20. The zero-order chi connectivity index (χ0) is 21.4. The molecule has 0 bridgehead atoms. The van der Waals surface area contributed by atoms with Gasteiger partial charge in [0.15, 0.2) is 0 Å². The summed E-state index contributed by atoms with van der Waals surface area (Å²) in [6, 6.07) is 7.75. The molecule has 0 saturated carbocycles. The molecule has 4 amide bonds. The van der Waals surface area contributed by atoms with E-state index < -0.39 is 5.92 Å². The molecule has 4 rings (SSSR count). The van der Waals surface area contributed by atoms with Crippen LogP contribution in [0.4, 0.5) is 10.5 Å². The van der Waals surface area contributed by atoms with E-state index in [0.29, 0.717) is 0 Å². The van der Waals surface area contributed by atoms with Crippen molar-refractivity contribution in [2.45, 2.75) is 43.9 Å². The Morgan fingerprint density at radius 2 is 1.97 bits per heavy atom. The van der Waals surface area contributed by atoms with E-state index in [1.54, 1.807) is 11.9 Å². The largest absolute Gasteiger partial charge is 0.327 e. The lowest BCUT2D eigenvalue weighted by molar-refractivity contribution is -0.140. The average molecular weight is 432 g/mol. The third-order valence-electron chi connectivity index (χ3n) is 6.23. The van der Waals surface area contributed by atoms with Gasteiger partial charge in [-0.3, -0.25) is 25.1 Å². The average Bonchev–Trinajstić information content (AvgIpc) is 2.78. The summed E-state index contributed by atoms with van der Waals surface area (Å²) in [6.07, 6.45) is 2.35. The van der Waals surface area contributed by atoms with Gasteiger partial charge >= 0.3 is 6.03 Å². The minimum absolute atomic E-state index is 0.0268. The van der Waals surface area contributed by atoms with Gasteiger partial charge in [0.05, 0.1) is 29.4 Å². The van der Waals surface area contributed by atoms with Crippen molar-refractivity contribution in [3.8, 4) is 0 Å². The SMILES string of the molecule is CCC1NC(SCC(=O)N2CCCc3ccccc32)C2C(=O)N(C)C(=O)N(C)C2N1. The van der Waals surface area contributed by atoms with Crippen LogP contribution in [0.5, 0.6) is 0 Å². The van der Waals surface area contributed by atoms with Crippen molar-refractivity contribution in [3.05, 3.63) is 29.8 Å². The molecule has 162 valence electrons. The summed E-state index contributed by atoms with van der Waals surface area (Å²) in [7, 11) is 3.23. The van der Waals surface area contributed by atoms with Crippen LogP contribution in [0, 0.1) is 5.92 Å². The maximum atomic E-state index is 13.1. The number of nitrogens with zero attached hydrogens (tertiary/aromatic N) is 3. The number of para-hydroxylation sites is 1. The Morgan fingerprint density at radius 1 is 1.20 bits per heavy atom. The summed E-state index contributed by atoms with van der Waals surface area (Å²) >= 11 is 1.46. The third kappa shape index (κ3) is 3.70. The monoisotopic (exact) mass is 431 g/mol. The molecule has 4 unspecified atom stereocenters. The highest BCUT2D eigenvalue weighted by Crippen LogP contribution is 2.33. The molecule has 0 radical (unpaired) electrons. The van der Waals surface area contributed by atoms with Gasteiger partial charge < -0.3 is 9.80 Å². The Bertz CT molecular complexity index is 850. The number of hydrogen-bond acceptors (Lipinski definition) is 6. The predicted molar refractivity (Wildman–Crippen MR) is 117 cm³/mol. The molecule has 1 aromatic carbocycles. The molecule has 3 aliphatic rings. The van der Waals surface area contributed by atoms with Gasteiger partial charge in [0, 0.05) is 26.3 Å². The Balaban J connectivity index is 1.50. The van der Waals surface area contributed by atoms with Crippen LogP contribution in [0.1, 0.15) is 25.3 Å². The van der Waals surface area contributed by atoms with Crippen LogP contribution in [0.3, 0.4) is 0 Å². The topological polar surface area (TPSA) is 85.0 Å². The number of benzene rings is 1. The first-order valence-electron chi connectivity index (χ1n) is 10.5. The summed E-state index contributed by atoms with van der Waals surface area (Å²) in [5, 5.41) is 6.58. The second-order valence-electron chi connectivity index (χ2n) is 8.06. The number of fused-ring (bicyclic) bond motifs is 2. The number of rotatable bonds is 4. The maximum absolute atomic E-state index is 13.1. The summed E-state index contributed by atoms with van der Waals surface area (Å²) in [5.74, 6) is -0.337. The summed E-state index contributed by atoms with van der Waals surface area (Å²) in [4.78, 5) is 43.0. The quantitative estimate of drug-likeness (QED) is 0.750.